The fourth-order valence-electron chi connectivity index (χ4n) is 2.84. The minimum absolute atomic E-state index is 0.0477. The van der Waals surface area contributed by atoms with E-state index >= 15 is 0 Å². The number of nitrogens with one attached hydrogen (secondary N) is 3. The highest BCUT2D eigenvalue weighted by molar-refractivity contribution is 8.76. The molecule has 3 atom stereocenters. The zero-order chi connectivity index (χ0) is 17.9. The van der Waals surface area contributed by atoms with Crippen molar-refractivity contribution in [2.24, 2.45) is 5.11 Å². The average molecular weight is 405 g/mol. The number of azide groups is 1. The van der Waals surface area contributed by atoms with E-state index in [9.17, 15) is 9.59 Å². The van der Waals surface area contributed by atoms with Crippen molar-refractivity contribution in [3.63, 3.8) is 0 Å². The van der Waals surface area contributed by atoms with Crippen molar-refractivity contribution in [1.82, 2.24) is 16.0 Å². The van der Waals surface area contributed by atoms with Crippen LogP contribution in [-0.2, 0) is 4.79 Å². The van der Waals surface area contributed by atoms with E-state index < -0.39 is 0 Å². The van der Waals surface area contributed by atoms with E-state index in [4.69, 9.17) is 5.53 Å². The van der Waals surface area contributed by atoms with E-state index in [1.807, 2.05) is 11.8 Å². The number of carbonyl (C=O) groups is 2. The summed E-state index contributed by atoms with van der Waals surface area (Å²) in [6.45, 7) is 1.17. The van der Waals surface area contributed by atoms with Gasteiger partial charge < -0.3 is 16.0 Å². The van der Waals surface area contributed by atoms with Crippen molar-refractivity contribution in [1.29, 1.82) is 0 Å². The Morgan fingerprint density at radius 2 is 2.20 bits per heavy atom. The van der Waals surface area contributed by atoms with Crippen LogP contribution in [0.25, 0.3) is 10.4 Å². The molecule has 0 aliphatic carbocycles. The van der Waals surface area contributed by atoms with Crippen molar-refractivity contribution in [3.05, 3.63) is 10.4 Å². The molecular weight excluding hydrogens is 380 g/mol. The van der Waals surface area contributed by atoms with Gasteiger partial charge in [-0.1, -0.05) is 33.1 Å². The third kappa shape index (κ3) is 7.47. The van der Waals surface area contributed by atoms with Crippen molar-refractivity contribution < 1.29 is 9.59 Å². The lowest BCUT2D eigenvalue weighted by Gasteiger charge is -2.16. The van der Waals surface area contributed by atoms with Gasteiger partial charge in [-0.2, -0.15) is 11.8 Å². The zero-order valence-electron chi connectivity index (χ0n) is 14.0. The maximum absolute atomic E-state index is 11.8. The van der Waals surface area contributed by atoms with Gasteiger partial charge in [-0.3, -0.25) is 4.79 Å². The third-order valence-corrected chi connectivity index (χ3v) is 7.90. The van der Waals surface area contributed by atoms with E-state index in [0.29, 0.717) is 24.8 Å². The van der Waals surface area contributed by atoms with Crippen LogP contribution in [0.1, 0.15) is 25.7 Å². The largest absolute Gasteiger partial charge is 0.355 e. The third-order valence-electron chi connectivity index (χ3n) is 4.01. The lowest BCUT2D eigenvalue weighted by Crippen LogP contribution is -2.36. The summed E-state index contributed by atoms with van der Waals surface area (Å²) in [4.78, 5) is 25.8. The van der Waals surface area contributed by atoms with Gasteiger partial charge >= 0.3 is 6.03 Å². The van der Waals surface area contributed by atoms with Gasteiger partial charge in [0.15, 0.2) is 0 Å². The van der Waals surface area contributed by atoms with Crippen LogP contribution in [-0.4, -0.2) is 59.6 Å². The molecule has 2 rings (SSSR count). The number of unbranched alkanes of at least 4 members (excludes halogenated alkanes) is 1. The second-order valence-electron chi connectivity index (χ2n) is 5.82. The number of rotatable bonds is 12. The number of thioether (sulfide) groups is 1. The summed E-state index contributed by atoms with van der Waals surface area (Å²) >= 11 is 1.91. The van der Waals surface area contributed by atoms with Crippen molar-refractivity contribution in [2.45, 2.75) is 43.0 Å². The summed E-state index contributed by atoms with van der Waals surface area (Å²) in [5.41, 5.74) is 8.14. The Labute approximate surface area is 159 Å². The number of hydrogen-bond donors (Lipinski definition) is 3. The molecule has 3 N–H and O–H groups in total. The van der Waals surface area contributed by atoms with Crippen molar-refractivity contribution >= 4 is 45.3 Å². The number of urea groups is 1. The molecule has 2 saturated heterocycles. The highest BCUT2D eigenvalue weighted by Gasteiger charge is 2.42. The van der Waals surface area contributed by atoms with Gasteiger partial charge in [0, 0.05) is 46.9 Å². The molecule has 0 unspecified atom stereocenters. The molecule has 140 valence electrons. The molecule has 25 heavy (non-hydrogen) atoms. The fourth-order valence-corrected chi connectivity index (χ4v) is 6.14. The number of nitrogens with zero attached hydrogens (tertiary/aromatic N) is 3. The first-order chi connectivity index (χ1) is 12.2. The Hall–Kier alpha value is -0.900. The van der Waals surface area contributed by atoms with Crippen LogP contribution >= 0.6 is 33.3 Å². The molecular formula is C14H24N6O2S3. The normalized spacial score (nSPS) is 24.2. The average Bonchev–Trinajstić information content (AvgIpc) is 3.13. The van der Waals surface area contributed by atoms with E-state index in [1.54, 1.807) is 21.6 Å². The van der Waals surface area contributed by atoms with Crippen molar-refractivity contribution in [3.8, 4) is 0 Å². The van der Waals surface area contributed by atoms with E-state index in [0.717, 1.165) is 36.5 Å². The number of fused-ring (bicyclic) bond motifs is 1. The smallest absolute Gasteiger partial charge is 0.315 e. The van der Waals surface area contributed by atoms with Crippen LogP contribution in [0.2, 0.25) is 0 Å². The maximum Gasteiger partial charge on any atom is 0.315 e. The summed E-state index contributed by atoms with van der Waals surface area (Å²) in [5, 5.41) is 12.8. The molecule has 3 amide bonds. The summed E-state index contributed by atoms with van der Waals surface area (Å²) < 4.78 is 0. The first kappa shape index (κ1) is 20.4. The minimum atomic E-state index is -0.0477. The topological polar surface area (TPSA) is 119 Å². The Morgan fingerprint density at radius 3 is 3.04 bits per heavy atom. The van der Waals surface area contributed by atoms with Crippen LogP contribution in [0.5, 0.6) is 0 Å². The van der Waals surface area contributed by atoms with Crippen LogP contribution < -0.4 is 16.0 Å². The Balaban J connectivity index is 1.42. The van der Waals surface area contributed by atoms with Gasteiger partial charge in [0.1, 0.15) is 0 Å². The highest BCUT2D eigenvalue weighted by atomic mass is 33.1. The predicted molar refractivity (Wildman–Crippen MR) is 106 cm³/mol. The van der Waals surface area contributed by atoms with Gasteiger partial charge in [0.05, 0.1) is 12.1 Å². The zero-order valence-corrected chi connectivity index (χ0v) is 16.4. The maximum atomic E-state index is 11.8. The van der Waals surface area contributed by atoms with Gasteiger partial charge in [0.2, 0.25) is 5.91 Å². The molecule has 0 radical (unpaired) electrons. The van der Waals surface area contributed by atoms with E-state index in [2.05, 4.69) is 26.0 Å². The molecule has 2 aliphatic heterocycles. The molecule has 0 aromatic heterocycles. The number of hydrogen-bond acceptors (Lipinski definition) is 6. The first-order valence-electron chi connectivity index (χ1n) is 8.41. The van der Waals surface area contributed by atoms with E-state index in [-0.39, 0.29) is 24.0 Å². The van der Waals surface area contributed by atoms with E-state index in [1.165, 1.54) is 0 Å². The standard InChI is InChI=1S/C14H24N6O2S3/c15-20-17-6-8-25-24-7-5-16-12(21)4-2-1-3-11-13-10(9-23-11)18-14(22)19-13/h10-11,13H,1-9H2,(H,16,21)(H2,18,19,22)/t10-,11-,13-/m0/s1. The highest BCUT2D eigenvalue weighted by Crippen LogP contribution is 2.33. The fraction of sp³-hybridized carbons (Fsp3) is 0.857. The quantitative estimate of drug-likeness (QED) is 0.115. The Bertz CT molecular complexity index is 503. The van der Waals surface area contributed by atoms with Crippen LogP contribution in [0.4, 0.5) is 4.79 Å². The second kappa shape index (κ2) is 11.7. The summed E-state index contributed by atoms with van der Waals surface area (Å²) in [6.07, 6.45) is 3.49. The molecule has 2 aliphatic rings. The molecule has 2 heterocycles. The lowest BCUT2D eigenvalue weighted by molar-refractivity contribution is -0.121. The summed E-state index contributed by atoms with van der Waals surface area (Å²) in [6, 6.07) is 0.473. The SMILES string of the molecule is [N-]=[N+]=NCCSSCCNC(=O)CCCC[C@@H]1SC[C@@H]2NC(=O)N[C@@H]21. The molecule has 0 aromatic rings. The molecule has 8 nitrogen and oxygen atoms in total. The Morgan fingerprint density at radius 1 is 1.36 bits per heavy atom. The van der Waals surface area contributed by atoms with Gasteiger partial charge in [-0.15, -0.1) is 0 Å². The molecule has 11 heteroatoms. The monoisotopic (exact) mass is 404 g/mol. The number of carbonyl (C=O) groups excluding carboxylic acids is 2. The predicted octanol–water partition coefficient (Wildman–Crippen LogP) is 2.52. The van der Waals surface area contributed by atoms with Crippen LogP contribution in [0, 0.1) is 0 Å². The van der Waals surface area contributed by atoms with Gasteiger partial charge in [-0.25, -0.2) is 4.79 Å². The minimum Gasteiger partial charge on any atom is -0.355 e. The number of amides is 3. The van der Waals surface area contributed by atoms with Gasteiger partial charge in [-0.05, 0) is 18.4 Å². The van der Waals surface area contributed by atoms with Crippen LogP contribution in [0.3, 0.4) is 0 Å². The van der Waals surface area contributed by atoms with Crippen LogP contribution in [0.15, 0.2) is 5.11 Å². The second-order valence-corrected chi connectivity index (χ2v) is 9.79. The lowest BCUT2D eigenvalue weighted by atomic mass is 10.0. The first-order valence-corrected chi connectivity index (χ1v) is 11.9. The summed E-state index contributed by atoms with van der Waals surface area (Å²) in [5.74, 6) is 2.72. The van der Waals surface area contributed by atoms with Gasteiger partial charge in [0.25, 0.3) is 0 Å². The molecule has 0 bridgehead atoms. The molecule has 2 fully saturated rings. The molecule has 0 saturated carbocycles. The summed E-state index contributed by atoms with van der Waals surface area (Å²) in [7, 11) is 3.33. The van der Waals surface area contributed by atoms with Crippen molar-refractivity contribution in [2.75, 3.05) is 30.3 Å². The molecule has 0 spiro atoms. The Kier molecular flexibility index (Phi) is 9.52. The molecule has 0 aromatic carbocycles.